The molecule has 0 radical (unpaired) electrons. The van der Waals surface area contributed by atoms with E-state index in [-0.39, 0.29) is 5.91 Å². The first kappa shape index (κ1) is 9.59. The molecule has 2 rings (SSSR count). The van der Waals surface area contributed by atoms with E-state index < -0.39 is 5.41 Å². The van der Waals surface area contributed by atoms with Gasteiger partial charge < -0.3 is 11.1 Å². The quantitative estimate of drug-likeness (QED) is 0.724. The molecule has 2 aliphatic rings. The van der Waals surface area contributed by atoms with Gasteiger partial charge in [0.1, 0.15) is 0 Å². The van der Waals surface area contributed by atoms with Crippen molar-refractivity contribution in [3.8, 4) is 0 Å². The summed E-state index contributed by atoms with van der Waals surface area (Å²) in [5.74, 6) is -0.272. The van der Waals surface area contributed by atoms with E-state index in [2.05, 4.69) is 5.32 Å². The predicted molar refractivity (Wildman–Crippen MR) is 55.5 cm³/mol. The second-order valence-electron chi connectivity index (χ2n) is 4.01. The Morgan fingerprint density at radius 2 is 2.29 bits per heavy atom. The minimum absolute atomic E-state index is 0.272. The highest BCUT2D eigenvalue weighted by molar-refractivity contribution is 6.32. The number of dihydropyridines is 1. The van der Waals surface area contributed by atoms with Crippen molar-refractivity contribution in [2.24, 2.45) is 11.1 Å². The van der Waals surface area contributed by atoms with Gasteiger partial charge in [-0.05, 0) is 25.8 Å². The summed E-state index contributed by atoms with van der Waals surface area (Å²) in [6, 6.07) is 0. The van der Waals surface area contributed by atoms with Gasteiger partial charge in [0.05, 0.1) is 10.4 Å². The second kappa shape index (κ2) is 3.02. The molecule has 1 aliphatic carbocycles. The second-order valence-corrected chi connectivity index (χ2v) is 4.42. The van der Waals surface area contributed by atoms with Gasteiger partial charge in [-0.25, -0.2) is 0 Å². The number of hydrogen-bond donors (Lipinski definition) is 2. The number of primary amides is 1. The van der Waals surface area contributed by atoms with Crippen LogP contribution in [0.25, 0.3) is 0 Å². The van der Waals surface area contributed by atoms with Crippen LogP contribution in [0, 0.1) is 5.41 Å². The Kier molecular flexibility index (Phi) is 2.07. The van der Waals surface area contributed by atoms with Gasteiger partial charge in [0.15, 0.2) is 0 Å². The molecular formula is C10H13ClN2O. The highest BCUT2D eigenvalue weighted by Gasteiger charge is 2.53. The highest BCUT2D eigenvalue weighted by atomic mass is 35.5. The fraction of sp³-hybridized carbons (Fsp3) is 0.500. The third kappa shape index (κ3) is 1.32. The largest absolute Gasteiger partial charge is 0.383 e. The first-order chi connectivity index (χ1) is 6.56. The van der Waals surface area contributed by atoms with E-state index in [1.54, 1.807) is 0 Å². The van der Waals surface area contributed by atoms with Crippen LogP contribution in [0.3, 0.4) is 0 Å². The lowest BCUT2D eigenvalue weighted by molar-refractivity contribution is -0.121. The molecule has 1 heterocycles. The van der Waals surface area contributed by atoms with Crippen LogP contribution < -0.4 is 11.1 Å². The van der Waals surface area contributed by atoms with E-state index in [0.29, 0.717) is 5.03 Å². The Bertz CT molecular complexity index is 353. The lowest BCUT2D eigenvalue weighted by atomic mass is 9.98. The van der Waals surface area contributed by atoms with Crippen LogP contribution in [0.1, 0.15) is 19.8 Å². The van der Waals surface area contributed by atoms with Crippen LogP contribution in [-0.4, -0.2) is 12.5 Å². The van der Waals surface area contributed by atoms with Crippen molar-refractivity contribution >= 4 is 17.5 Å². The van der Waals surface area contributed by atoms with Crippen LogP contribution in [0.5, 0.6) is 0 Å². The Balaban J connectivity index is 2.35. The number of nitrogens with one attached hydrogen (secondary N) is 1. The summed E-state index contributed by atoms with van der Waals surface area (Å²) in [6.45, 7) is 2.75. The van der Waals surface area contributed by atoms with Crippen molar-refractivity contribution in [3.63, 3.8) is 0 Å². The van der Waals surface area contributed by atoms with Crippen LogP contribution in [-0.2, 0) is 4.79 Å². The van der Waals surface area contributed by atoms with Gasteiger partial charge in [0.25, 0.3) is 0 Å². The van der Waals surface area contributed by atoms with E-state index >= 15 is 0 Å². The number of carbonyl (C=O) groups is 1. The van der Waals surface area contributed by atoms with E-state index in [1.165, 1.54) is 5.57 Å². The van der Waals surface area contributed by atoms with E-state index in [4.69, 9.17) is 17.3 Å². The first-order valence-electron chi connectivity index (χ1n) is 4.67. The van der Waals surface area contributed by atoms with Crippen molar-refractivity contribution in [2.45, 2.75) is 19.8 Å². The molecule has 4 heteroatoms. The molecule has 14 heavy (non-hydrogen) atoms. The molecule has 0 atom stereocenters. The van der Waals surface area contributed by atoms with Crippen LogP contribution in [0.4, 0.5) is 0 Å². The minimum atomic E-state index is -0.492. The molecule has 76 valence electrons. The molecule has 0 aromatic carbocycles. The molecule has 0 bridgehead atoms. The molecule has 0 saturated heterocycles. The van der Waals surface area contributed by atoms with Crippen molar-refractivity contribution in [2.75, 3.05) is 6.54 Å². The lowest BCUT2D eigenvalue weighted by Gasteiger charge is -2.23. The third-order valence-corrected chi connectivity index (χ3v) is 3.15. The van der Waals surface area contributed by atoms with Gasteiger partial charge in [-0.3, -0.25) is 4.79 Å². The standard InChI is InChI=1S/C10H13ClN2O/c1-6-4-7(11)8(13-5-6)10(2-3-10)9(12)14/h4,13H,2-3,5H2,1H3,(H2,12,14). The average molecular weight is 213 g/mol. The smallest absolute Gasteiger partial charge is 0.229 e. The monoisotopic (exact) mass is 212 g/mol. The summed E-state index contributed by atoms with van der Waals surface area (Å²) in [7, 11) is 0. The summed E-state index contributed by atoms with van der Waals surface area (Å²) in [5, 5.41) is 3.81. The van der Waals surface area contributed by atoms with Gasteiger partial charge in [0, 0.05) is 12.2 Å². The number of amides is 1. The number of halogens is 1. The van der Waals surface area contributed by atoms with Crippen LogP contribution in [0.15, 0.2) is 22.4 Å². The molecule has 1 amide bonds. The predicted octanol–water partition coefficient (Wildman–Crippen LogP) is 1.25. The zero-order chi connectivity index (χ0) is 10.3. The Labute approximate surface area is 88.0 Å². The Hall–Kier alpha value is -0.960. The molecular weight excluding hydrogens is 200 g/mol. The van der Waals surface area contributed by atoms with Crippen molar-refractivity contribution < 1.29 is 4.79 Å². The summed E-state index contributed by atoms with van der Waals surface area (Å²) in [6.07, 6.45) is 3.53. The molecule has 0 aromatic rings. The van der Waals surface area contributed by atoms with Crippen molar-refractivity contribution in [3.05, 3.63) is 22.4 Å². The van der Waals surface area contributed by atoms with E-state index in [9.17, 15) is 4.79 Å². The number of carbonyl (C=O) groups excluding carboxylic acids is 1. The molecule has 3 N–H and O–H groups in total. The van der Waals surface area contributed by atoms with Crippen molar-refractivity contribution in [1.82, 2.24) is 5.32 Å². The van der Waals surface area contributed by atoms with Gasteiger partial charge in [-0.15, -0.1) is 0 Å². The number of hydrogen-bond acceptors (Lipinski definition) is 2. The van der Waals surface area contributed by atoms with Crippen LogP contribution in [0.2, 0.25) is 0 Å². The fourth-order valence-electron chi connectivity index (χ4n) is 1.79. The minimum Gasteiger partial charge on any atom is -0.383 e. The summed E-state index contributed by atoms with van der Waals surface area (Å²) in [5.41, 5.74) is 6.86. The van der Waals surface area contributed by atoms with Gasteiger partial charge >= 0.3 is 0 Å². The number of allylic oxidation sites excluding steroid dienone is 2. The Morgan fingerprint density at radius 3 is 2.71 bits per heavy atom. The van der Waals surface area contributed by atoms with E-state index in [0.717, 1.165) is 25.1 Å². The Morgan fingerprint density at radius 1 is 1.64 bits per heavy atom. The molecule has 0 aromatic heterocycles. The van der Waals surface area contributed by atoms with E-state index in [1.807, 2.05) is 13.0 Å². The molecule has 3 nitrogen and oxygen atoms in total. The zero-order valence-electron chi connectivity index (χ0n) is 8.06. The third-order valence-electron chi connectivity index (χ3n) is 2.86. The summed E-state index contributed by atoms with van der Waals surface area (Å²) in [4.78, 5) is 11.3. The molecule has 0 spiro atoms. The SMILES string of the molecule is CC1=CC(Cl)=C(C2(C(N)=O)CC2)NC1. The lowest BCUT2D eigenvalue weighted by Crippen LogP contribution is -2.35. The maximum absolute atomic E-state index is 11.3. The average Bonchev–Trinajstić information content (AvgIpc) is 2.84. The van der Waals surface area contributed by atoms with Gasteiger partial charge in [0.2, 0.25) is 5.91 Å². The first-order valence-corrected chi connectivity index (χ1v) is 5.05. The number of nitrogens with two attached hydrogens (primary N) is 1. The normalized spacial score (nSPS) is 24.0. The maximum atomic E-state index is 11.3. The summed E-state index contributed by atoms with van der Waals surface area (Å²) >= 11 is 6.08. The number of rotatable bonds is 2. The molecule has 1 saturated carbocycles. The topological polar surface area (TPSA) is 55.1 Å². The van der Waals surface area contributed by atoms with Gasteiger partial charge in [-0.2, -0.15) is 0 Å². The summed E-state index contributed by atoms with van der Waals surface area (Å²) < 4.78 is 0. The molecule has 1 aliphatic heterocycles. The maximum Gasteiger partial charge on any atom is 0.229 e. The van der Waals surface area contributed by atoms with Gasteiger partial charge in [-0.1, -0.05) is 17.2 Å². The molecule has 1 fully saturated rings. The highest BCUT2D eigenvalue weighted by Crippen LogP contribution is 2.52. The van der Waals surface area contributed by atoms with Crippen LogP contribution >= 0.6 is 11.6 Å². The zero-order valence-corrected chi connectivity index (χ0v) is 8.82. The van der Waals surface area contributed by atoms with Crippen molar-refractivity contribution in [1.29, 1.82) is 0 Å². The molecule has 0 unspecified atom stereocenters. The fourth-order valence-corrected chi connectivity index (χ4v) is 2.23.